The molecule has 1 aliphatic heterocycles. The number of hydrogen-bond donors (Lipinski definition) is 0. The number of benzene rings is 1. The lowest BCUT2D eigenvalue weighted by molar-refractivity contribution is 0.555. The van der Waals surface area contributed by atoms with Gasteiger partial charge in [-0.05, 0) is 31.0 Å². The molecule has 0 spiro atoms. The highest BCUT2D eigenvalue weighted by Gasteiger charge is 2.12. The summed E-state index contributed by atoms with van der Waals surface area (Å²) in [7, 11) is 0. The molecule has 0 aromatic heterocycles. The maximum atomic E-state index is 2.54. The topological polar surface area (TPSA) is 3.24 Å². The van der Waals surface area contributed by atoms with Crippen LogP contribution >= 0.6 is 0 Å². The quantitative estimate of drug-likeness (QED) is 0.408. The summed E-state index contributed by atoms with van der Waals surface area (Å²) < 4.78 is 0. The molecule has 1 nitrogen and oxygen atoms in total. The van der Waals surface area contributed by atoms with Gasteiger partial charge >= 0.3 is 0 Å². The maximum Gasteiger partial charge on any atom is 0.0442 e. The first kappa shape index (κ1) is 18.1. The summed E-state index contributed by atoms with van der Waals surface area (Å²) in [6.45, 7) is 6.75. The number of aryl methyl sites for hydroxylation is 1. The third-order valence-electron chi connectivity index (χ3n) is 4.93. The Morgan fingerprint density at radius 1 is 0.870 bits per heavy atom. The summed E-state index contributed by atoms with van der Waals surface area (Å²) >= 11 is 0. The normalized spacial score (nSPS) is 13.4. The van der Waals surface area contributed by atoms with Crippen molar-refractivity contribution in [3.05, 3.63) is 35.4 Å². The second-order valence-corrected chi connectivity index (χ2v) is 7.09. The van der Waals surface area contributed by atoms with Crippen LogP contribution < -0.4 is 4.90 Å². The minimum atomic E-state index is 1.08. The van der Waals surface area contributed by atoms with Crippen molar-refractivity contribution in [3.63, 3.8) is 0 Å². The molecule has 1 heterocycles. The van der Waals surface area contributed by atoms with Gasteiger partial charge in [0.25, 0.3) is 0 Å². The first-order chi connectivity index (χ1) is 11.3. The monoisotopic (exact) mass is 313 g/mol. The van der Waals surface area contributed by atoms with E-state index in [2.05, 4.69) is 49.1 Å². The Morgan fingerprint density at radius 2 is 1.52 bits per heavy atom. The molecule has 0 bridgehead atoms. The van der Waals surface area contributed by atoms with Crippen molar-refractivity contribution < 1.29 is 0 Å². The molecule has 0 aliphatic carbocycles. The summed E-state index contributed by atoms with van der Waals surface area (Å²) in [6, 6.07) is 6.84. The van der Waals surface area contributed by atoms with Crippen molar-refractivity contribution in [2.75, 3.05) is 18.0 Å². The molecule has 2 rings (SSSR count). The Kier molecular flexibility index (Phi) is 8.28. The highest BCUT2D eigenvalue weighted by molar-refractivity contribution is 5.71. The zero-order valence-electron chi connectivity index (χ0n) is 15.3. The van der Waals surface area contributed by atoms with Crippen LogP contribution in [-0.2, 0) is 0 Å². The van der Waals surface area contributed by atoms with E-state index < -0.39 is 0 Å². The van der Waals surface area contributed by atoms with Gasteiger partial charge in [0, 0.05) is 18.8 Å². The van der Waals surface area contributed by atoms with E-state index in [-0.39, 0.29) is 0 Å². The van der Waals surface area contributed by atoms with Gasteiger partial charge in [0.2, 0.25) is 0 Å². The van der Waals surface area contributed by atoms with E-state index in [1.54, 1.807) is 0 Å². The molecule has 0 fully saturated rings. The number of anilines is 1. The van der Waals surface area contributed by atoms with Gasteiger partial charge in [-0.2, -0.15) is 0 Å². The minimum Gasteiger partial charge on any atom is -0.367 e. The van der Waals surface area contributed by atoms with Gasteiger partial charge in [0.1, 0.15) is 0 Å². The molecule has 1 aromatic carbocycles. The van der Waals surface area contributed by atoms with Crippen LogP contribution in [0.15, 0.2) is 24.3 Å². The van der Waals surface area contributed by atoms with Gasteiger partial charge in [-0.15, -0.1) is 0 Å². The summed E-state index contributed by atoms with van der Waals surface area (Å²) in [6.07, 6.45) is 18.7. The van der Waals surface area contributed by atoms with E-state index in [0.717, 1.165) is 6.54 Å². The number of fused-ring (bicyclic) bond motifs is 1. The molecule has 0 saturated heterocycles. The number of unbranched alkanes of at least 4 members (excludes halogenated alkanes) is 9. The fraction of sp³-hybridized carbons (Fsp3) is 0.636. The predicted molar refractivity (Wildman–Crippen MR) is 104 cm³/mol. The van der Waals surface area contributed by atoms with Crippen LogP contribution in [0.4, 0.5) is 5.69 Å². The van der Waals surface area contributed by atoms with Crippen LogP contribution in [-0.4, -0.2) is 13.1 Å². The fourth-order valence-corrected chi connectivity index (χ4v) is 3.50. The standard InChI is InChI=1S/C22H35N/c1-3-4-5-6-7-8-9-10-11-12-17-23-18-13-14-21-19-20(2)15-16-22(21)23/h13-16,19H,3-12,17-18H2,1-2H3. The Labute approximate surface area is 143 Å². The zero-order valence-corrected chi connectivity index (χ0v) is 15.3. The molecule has 0 saturated carbocycles. The van der Waals surface area contributed by atoms with Gasteiger partial charge in [0.05, 0.1) is 0 Å². The molecular formula is C22H35N. The fourth-order valence-electron chi connectivity index (χ4n) is 3.50. The SMILES string of the molecule is CCCCCCCCCCCCN1CC=Cc2cc(C)ccc21. The summed E-state index contributed by atoms with van der Waals surface area (Å²) in [5.74, 6) is 0. The average molecular weight is 314 g/mol. The first-order valence-corrected chi connectivity index (χ1v) is 9.83. The Bertz CT molecular complexity index is 475. The third kappa shape index (κ3) is 6.41. The van der Waals surface area contributed by atoms with E-state index in [9.17, 15) is 0 Å². The van der Waals surface area contributed by atoms with Gasteiger partial charge in [-0.25, -0.2) is 0 Å². The highest BCUT2D eigenvalue weighted by atomic mass is 15.1. The van der Waals surface area contributed by atoms with Gasteiger partial charge < -0.3 is 4.90 Å². The zero-order chi connectivity index (χ0) is 16.3. The van der Waals surface area contributed by atoms with Gasteiger partial charge in [0.15, 0.2) is 0 Å². The summed E-state index contributed by atoms with van der Waals surface area (Å²) in [5, 5.41) is 0. The highest BCUT2D eigenvalue weighted by Crippen LogP contribution is 2.27. The molecule has 1 aromatic rings. The molecule has 0 amide bonds. The molecule has 1 heteroatoms. The molecule has 23 heavy (non-hydrogen) atoms. The number of nitrogens with zero attached hydrogens (tertiary/aromatic N) is 1. The molecule has 0 atom stereocenters. The van der Waals surface area contributed by atoms with E-state index in [4.69, 9.17) is 0 Å². The van der Waals surface area contributed by atoms with Crippen molar-refractivity contribution in [2.24, 2.45) is 0 Å². The largest absolute Gasteiger partial charge is 0.367 e. The predicted octanol–water partition coefficient (Wildman–Crippen LogP) is 6.75. The average Bonchev–Trinajstić information content (AvgIpc) is 2.56. The smallest absolute Gasteiger partial charge is 0.0442 e. The van der Waals surface area contributed by atoms with E-state index >= 15 is 0 Å². The lowest BCUT2D eigenvalue weighted by atomic mass is 10.0. The van der Waals surface area contributed by atoms with Gasteiger partial charge in [-0.1, -0.05) is 88.5 Å². The molecule has 128 valence electrons. The van der Waals surface area contributed by atoms with E-state index in [1.807, 2.05) is 0 Å². The second-order valence-electron chi connectivity index (χ2n) is 7.09. The van der Waals surface area contributed by atoms with Crippen molar-refractivity contribution >= 4 is 11.8 Å². The van der Waals surface area contributed by atoms with Crippen molar-refractivity contribution in [3.8, 4) is 0 Å². The molecule has 0 N–H and O–H groups in total. The molecule has 0 unspecified atom stereocenters. The molecule has 1 aliphatic rings. The maximum absolute atomic E-state index is 2.54. The Morgan fingerprint density at radius 3 is 2.22 bits per heavy atom. The van der Waals surface area contributed by atoms with Gasteiger partial charge in [-0.3, -0.25) is 0 Å². The minimum absolute atomic E-state index is 1.08. The molecular weight excluding hydrogens is 278 g/mol. The number of rotatable bonds is 11. The third-order valence-corrected chi connectivity index (χ3v) is 4.93. The Hall–Kier alpha value is -1.24. The van der Waals surface area contributed by atoms with Crippen LogP contribution in [0.2, 0.25) is 0 Å². The van der Waals surface area contributed by atoms with Crippen molar-refractivity contribution in [2.45, 2.75) is 78.1 Å². The van der Waals surface area contributed by atoms with Crippen LogP contribution in [0.3, 0.4) is 0 Å². The second kappa shape index (κ2) is 10.5. The first-order valence-electron chi connectivity index (χ1n) is 9.83. The summed E-state index contributed by atoms with van der Waals surface area (Å²) in [4.78, 5) is 2.54. The van der Waals surface area contributed by atoms with E-state index in [1.165, 1.54) is 87.6 Å². The van der Waals surface area contributed by atoms with Crippen LogP contribution in [0.1, 0.15) is 82.3 Å². The van der Waals surface area contributed by atoms with E-state index in [0.29, 0.717) is 0 Å². The lowest BCUT2D eigenvalue weighted by Gasteiger charge is -2.28. The van der Waals surface area contributed by atoms with Crippen LogP contribution in [0, 0.1) is 6.92 Å². The van der Waals surface area contributed by atoms with Crippen molar-refractivity contribution in [1.82, 2.24) is 0 Å². The van der Waals surface area contributed by atoms with Crippen LogP contribution in [0.5, 0.6) is 0 Å². The van der Waals surface area contributed by atoms with Crippen molar-refractivity contribution in [1.29, 1.82) is 0 Å². The summed E-state index contributed by atoms with van der Waals surface area (Å²) in [5.41, 5.74) is 4.17. The lowest BCUT2D eigenvalue weighted by Crippen LogP contribution is -2.27. The number of hydrogen-bond acceptors (Lipinski definition) is 1. The Balaban J connectivity index is 1.56. The van der Waals surface area contributed by atoms with Crippen LogP contribution in [0.25, 0.3) is 6.08 Å². The molecule has 0 radical (unpaired) electrons.